The monoisotopic (exact) mass is 318 g/mol. The maximum Gasteiger partial charge on any atom is 0.240 e. The van der Waals surface area contributed by atoms with Gasteiger partial charge in [-0.3, -0.25) is 4.21 Å². The summed E-state index contributed by atoms with van der Waals surface area (Å²) in [5.74, 6) is -0.763. The summed E-state index contributed by atoms with van der Waals surface area (Å²) >= 11 is 0. The van der Waals surface area contributed by atoms with E-state index in [0.29, 0.717) is 6.42 Å². The van der Waals surface area contributed by atoms with Crippen molar-refractivity contribution >= 4 is 20.8 Å². The van der Waals surface area contributed by atoms with E-state index in [2.05, 4.69) is 4.72 Å². The Morgan fingerprint density at radius 2 is 2.15 bits per heavy atom. The summed E-state index contributed by atoms with van der Waals surface area (Å²) in [5, 5.41) is 8.56. The van der Waals surface area contributed by atoms with Crippen LogP contribution >= 0.6 is 0 Å². The molecule has 5 nitrogen and oxygen atoms in total. The molecule has 0 amide bonds. The fourth-order valence-corrected chi connectivity index (χ4v) is 2.93. The van der Waals surface area contributed by atoms with Crippen LogP contribution in [0.15, 0.2) is 23.1 Å². The van der Waals surface area contributed by atoms with Gasteiger partial charge in [-0.05, 0) is 24.6 Å². The van der Waals surface area contributed by atoms with Gasteiger partial charge in [0.25, 0.3) is 0 Å². The molecule has 1 rings (SSSR count). The predicted molar refractivity (Wildman–Crippen MR) is 74.4 cm³/mol. The van der Waals surface area contributed by atoms with Gasteiger partial charge in [-0.2, -0.15) is 5.26 Å². The van der Waals surface area contributed by atoms with Crippen molar-refractivity contribution in [3.05, 3.63) is 29.6 Å². The Balaban J connectivity index is 2.80. The van der Waals surface area contributed by atoms with Crippen molar-refractivity contribution in [2.75, 3.05) is 12.8 Å². The zero-order valence-electron chi connectivity index (χ0n) is 11.1. The second-order valence-electron chi connectivity index (χ2n) is 4.25. The molecule has 2 unspecified atom stereocenters. The first-order chi connectivity index (χ1) is 9.27. The zero-order chi connectivity index (χ0) is 15.3. The van der Waals surface area contributed by atoms with E-state index in [-0.39, 0.29) is 22.3 Å². The number of hydrogen-bond donors (Lipinski definition) is 1. The second-order valence-corrected chi connectivity index (χ2v) is 7.82. The Kier molecular flexibility index (Phi) is 5.80. The van der Waals surface area contributed by atoms with Gasteiger partial charge < -0.3 is 0 Å². The Morgan fingerprint density at radius 1 is 1.50 bits per heavy atom. The summed E-state index contributed by atoms with van der Waals surface area (Å²) in [4.78, 5) is -0.166. The quantitative estimate of drug-likeness (QED) is 0.852. The van der Waals surface area contributed by atoms with Crippen LogP contribution in [-0.2, 0) is 20.8 Å². The van der Waals surface area contributed by atoms with E-state index < -0.39 is 26.6 Å². The number of benzene rings is 1. The van der Waals surface area contributed by atoms with Gasteiger partial charge in [0.15, 0.2) is 0 Å². The lowest BCUT2D eigenvalue weighted by Gasteiger charge is -2.10. The molecule has 0 saturated heterocycles. The largest absolute Gasteiger partial charge is 0.260 e. The van der Waals surface area contributed by atoms with Crippen molar-refractivity contribution in [1.29, 1.82) is 5.26 Å². The van der Waals surface area contributed by atoms with Crippen LogP contribution in [0.2, 0.25) is 0 Å². The molecule has 0 aliphatic carbocycles. The highest BCUT2D eigenvalue weighted by atomic mass is 32.2. The summed E-state index contributed by atoms with van der Waals surface area (Å²) in [6.07, 6.45) is 1.98. The summed E-state index contributed by atoms with van der Waals surface area (Å²) in [6.45, 7) is 1.89. The van der Waals surface area contributed by atoms with Gasteiger partial charge in [0.1, 0.15) is 11.9 Å². The molecule has 1 aromatic rings. The first-order valence-corrected chi connectivity index (χ1v) is 8.90. The van der Waals surface area contributed by atoms with Crippen molar-refractivity contribution in [3.63, 3.8) is 0 Å². The molecule has 110 valence electrons. The minimum absolute atomic E-state index is 0.124. The Bertz CT molecular complexity index is 653. The molecule has 0 heterocycles. The first kappa shape index (κ1) is 16.8. The van der Waals surface area contributed by atoms with Crippen LogP contribution in [0.25, 0.3) is 0 Å². The van der Waals surface area contributed by atoms with Gasteiger partial charge >= 0.3 is 0 Å². The highest BCUT2D eigenvalue weighted by molar-refractivity contribution is 7.89. The zero-order valence-corrected chi connectivity index (χ0v) is 12.7. The fraction of sp³-hybridized carbons (Fsp3) is 0.417. The lowest BCUT2D eigenvalue weighted by Crippen LogP contribution is -2.27. The summed E-state index contributed by atoms with van der Waals surface area (Å²) < 4.78 is 50.5. The van der Waals surface area contributed by atoms with Crippen molar-refractivity contribution in [2.24, 2.45) is 0 Å². The van der Waals surface area contributed by atoms with Crippen LogP contribution in [0, 0.1) is 17.1 Å². The third kappa shape index (κ3) is 4.37. The van der Waals surface area contributed by atoms with Crippen LogP contribution in [0.1, 0.15) is 18.9 Å². The van der Waals surface area contributed by atoms with E-state index >= 15 is 0 Å². The van der Waals surface area contributed by atoms with Gasteiger partial charge in [-0.15, -0.1) is 0 Å². The van der Waals surface area contributed by atoms with E-state index in [1.807, 2.05) is 0 Å². The third-order valence-corrected chi connectivity index (χ3v) is 5.61. The lowest BCUT2D eigenvalue weighted by atomic mass is 10.2. The standard InChI is InChI=1S/C12H15FN2O3S2/c1-9(19(2)16)5-6-15-20(17,18)11-3-4-12(13)10(7-11)8-14/h3-4,7,9,15H,5-6H2,1-2H3. The number of nitrogens with zero attached hydrogens (tertiary/aromatic N) is 1. The van der Waals surface area contributed by atoms with Crippen LogP contribution in [0.4, 0.5) is 4.39 Å². The second kappa shape index (κ2) is 6.92. The Labute approximate surface area is 120 Å². The predicted octanol–water partition coefficient (Wildman–Crippen LogP) is 1.13. The normalized spacial score (nSPS) is 14.5. The van der Waals surface area contributed by atoms with Crippen molar-refractivity contribution in [3.8, 4) is 6.07 Å². The number of nitriles is 1. The molecule has 20 heavy (non-hydrogen) atoms. The molecule has 8 heteroatoms. The molecular weight excluding hydrogens is 303 g/mol. The van der Waals surface area contributed by atoms with E-state index in [1.54, 1.807) is 19.2 Å². The first-order valence-electron chi connectivity index (χ1n) is 5.79. The summed E-state index contributed by atoms with van der Waals surface area (Å²) in [7, 11) is -4.82. The molecule has 2 atom stereocenters. The Morgan fingerprint density at radius 3 is 2.70 bits per heavy atom. The van der Waals surface area contributed by atoms with Gasteiger partial charge in [0.2, 0.25) is 10.0 Å². The molecule has 0 saturated carbocycles. The molecule has 1 aromatic carbocycles. The maximum absolute atomic E-state index is 13.1. The fourth-order valence-electron chi connectivity index (χ4n) is 1.40. The number of rotatable bonds is 6. The highest BCUT2D eigenvalue weighted by Gasteiger charge is 2.16. The Hall–Kier alpha value is -1.30. The van der Waals surface area contributed by atoms with Crippen molar-refractivity contribution in [2.45, 2.75) is 23.5 Å². The van der Waals surface area contributed by atoms with E-state index in [4.69, 9.17) is 5.26 Å². The van der Waals surface area contributed by atoms with Crippen LogP contribution in [0.3, 0.4) is 0 Å². The minimum atomic E-state index is -3.80. The van der Waals surface area contributed by atoms with Gasteiger partial charge in [-0.1, -0.05) is 6.92 Å². The van der Waals surface area contributed by atoms with Crippen LogP contribution in [0.5, 0.6) is 0 Å². The molecule has 0 bridgehead atoms. The maximum atomic E-state index is 13.1. The molecule has 0 radical (unpaired) electrons. The topological polar surface area (TPSA) is 87.0 Å². The lowest BCUT2D eigenvalue weighted by molar-refractivity contribution is 0.577. The number of halogens is 1. The van der Waals surface area contributed by atoms with Crippen LogP contribution in [-0.4, -0.2) is 30.7 Å². The molecular formula is C12H15FN2O3S2. The summed E-state index contributed by atoms with van der Waals surface area (Å²) in [5.41, 5.74) is -0.323. The van der Waals surface area contributed by atoms with Gasteiger partial charge in [0, 0.05) is 28.9 Å². The molecule has 0 aliphatic rings. The van der Waals surface area contributed by atoms with Gasteiger partial charge in [0.05, 0.1) is 10.5 Å². The molecule has 0 fully saturated rings. The van der Waals surface area contributed by atoms with Crippen molar-refractivity contribution < 1.29 is 17.0 Å². The van der Waals surface area contributed by atoms with E-state index in [0.717, 1.165) is 18.2 Å². The number of hydrogen-bond acceptors (Lipinski definition) is 4. The molecule has 0 aliphatic heterocycles. The number of nitrogens with one attached hydrogen (secondary N) is 1. The third-order valence-electron chi connectivity index (χ3n) is 2.78. The molecule has 0 spiro atoms. The smallest absolute Gasteiger partial charge is 0.240 e. The van der Waals surface area contributed by atoms with Gasteiger partial charge in [-0.25, -0.2) is 17.5 Å². The van der Waals surface area contributed by atoms with E-state index in [1.165, 1.54) is 0 Å². The van der Waals surface area contributed by atoms with Crippen LogP contribution < -0.4 is 4.72 Å². The van der Waals surface area contributed by atoms with Crippen molar-refractivity contribution in [1.82, 2.24) is 4.72 Å². The van der Waals surface area contributed by atoms with E-state index in [9.17, 15) is 17.0 Å². The highest BCUT2D eigenvalue weighted by Crippen LogP contribution is 2.14. The summed E-state index contributed by atoms with van der Waals surface area (Å²) in [6, 6.07) is 4.61. The molecule has 0 aromatic heterocycles. The molecule has 1 N–H and O–H groups in total. The SMILES string of the molecule is CC(CCNS(=O)(=O)c1ccc(F)c(C#N)c1)S(C)=O. The number of sulfonamides is 1. The average Bonchev–Trinajstić information content (AvgIpc) is 2.38. The average molecular weight is 318 g/mol. The minimum Gasteiger partial charge on any atom is -0.260 e.